The van der Waals surface area contributed by atoms with Gasteiger partial charge in [-0.2, -0.15) is 5.26 Å². The Morgan fingerprint density at radius 3 is 2.11 bits per heavy atom. The molecule has 0 aliphatic heterocycles. The molecule has 1 aromatic carbocycles. The number of hydrogen-bond donors (Lipinski definition) is 0. The van der Waals surface area contributed by atoms with Gasteiger partial charge in [0.2, 0.25) is 0 Å². The van der Waals surface area contributed by atoms with Gasteiger partial charge in [0, 0.05) is 7.11 Å². The van der Waals surface area contributed by atoms with Crippen LogP contribution in [0.4, 0.5) is 0 Å². The minimum atomic E-state index is -1.89. The van der Waals surface area contributed by atoms with Crippen LogP contribution in [0, 0.1) is 11.3 Å². The van der Waals surface area contributed by atoms with Crippen molar-refractivity contribution in [2.24, 2.45) is 0 Å². The molecular formula is C14H21NO3Si. The number of hydrogen-bond acceptors (Lipinski definition) is 4. The molecule has 4 nitrogen and oxygen atoms in total. The highest BCUT2D eigenvalue weighted by atomic mass is 28.4. The molecule has 0 saturated carbocycles. The third-order valence-corrected chi connectivity index (χ3v) is 3.53. The smallest absolute Gasteiger partial charge is 0.193 e. The fraction of sp³-hybridized carbons (Fsp3) is 0.500. The zero-order valence-electron chi connectivity index (χ0n) is 12.2. The molecule has 0 heterocycles. The zero-order chi connectivity index (χ0) is 14.5. The summed E-state index contributed by atoms with van der Waals surface area (Å²) in [7, 11) is 1.29. The Balaban J connectivity index is 3.18. The normalized spacial score (nSPS) is 14.5. The summed E-state index contributed by atoms with van der Waals surface area (Å²) in [5, 5.41) is 9.59. The molecule has 0 aliphatic carbocycles. The first-order chi connectivity index (χ1) is 8.87. The quantitative estimate of drug-likeness (QED) is 0.751. The van der Waals surface area contributed by atoms with Gasteiger partial charge >= 0.3 is 0 Å². The summed E-state index contributed by atoms with van der Waals surface area (Å²) in [6.45, 7) is 6.37. The van der Waals surface area contributed by atoms with Crippen molar-refractivity contribution >= 4 is 8.32 Å². The van der Waals surface area contributed by atoms with Crippen molar-refractivity contribution in [2.45, 2.75) is 25.2 Å². The molecule has 0 spiro atoms. The van der Waals surface area contributed by atoms with Crippen LogP contribution in [0.3, 0.4) is 0 Å². The van der Waals surface area contributed by atoms with Crippen LogP contribution in [-0.4, -0.2) is 29.1 Å². The summed E-state index contributed by atoms with van der Waals surface area (Å²) in [5.41, 5.74) is -0.258. The van der Waals surface area contributed by atoms with Crippen molar-refractivity contribution < 1.29 is 13.9 Å². The fourth-order valence-corrected chi connectivity index (χ4v) is 3.15. The first kappa shape index (κ1) is 15.7. The summed E-state index contributed by atoms with van der Waals surface area (Å²) in [6.07, 6.45) is 0. The highest BCUT2D eigenvalue weighted by Gasteiger charge is 2.38. The number of nitrogens with zero attached hydrogens (tertiary/aromatic N) is 1. The van der Waals surface area contributed by atoms with Crippen LogP contribution in [0.25, 0.3) is 0 Å². The highest BCUT2D eigenvalue weighted by molar-refractivity contribution is 6.69. The lowest BCUT2D eigenvalue weighted by molar-refractivity contribution is 0.0231. The van der Waals surface area contributed by atoms with Crippen LogP contribution in [0.5, 0.6) is 5.75 Å². The number of ether oxygens (including phenoxy) is 2. The Morgan fingerprint density at radius 2 is 1.74 bits per heavy atom. The Bertz CT molecular complexity index is 447. The van der Waals surface area contributed by atoms with E-state index in [0.717, 1.165) is 11.3 Å². The Hall–Kier alpha value is -1.35. The molecule has 0 unspecified atom stereocenters. The molecular weight excluding hydrogens is 258 g/mol. The van der Waals surface area contributed by atoms with E-state index in [1.165, 1.54) is 0 Å². The number of methoxy groups -OCH3 is 2. The van der Waals surface area contributed by atoms with E-state index in [1.807, 2.05) is 24.3 Å². The second kappa shape index (κ2) is 6.20. The van der Waals surface area contributed by atoms with E-state index in [4.69, 9.17) is 13.9 Å². The molecule has 0 fully saturated rings. The van der Waals surface area contributed by atoms with Gasteiger partial charge in [0.1, 0.15) is 11.8 Å². The van der Waals surface area contributed by atoms with Gasteiger partial charge in [0.25, 0.3) is 0 Å². The largest absolute Gasteiger partial charge is 0.497 e. The minimum absolute atomic E-state index is 0.208. The molecule has 0 bridgehead atoms. The summed E-state index contributed by atoms with van der Waals surface area (Å²) in [4.78, 5) is 0. The van der Waals surface area contributed by atoms with Gasteiger partial charge in [-0.1, -0.05) is 12.1 Å². The van der Waals surface area contributed by atoms with Crippen LogP contribution in [0.1, 0.15) is 5.56 Å². The third-order valence-electron chi connectivity index (χ3n) is 2.56. The van der Waals surface area contributed by atoms with E-state index >= 15 is 0 Å². The second-order valence-electron chi connectivity index (χ2n) is 5.31. The van der Waals surface area contributed by atoms with Crippen molar-refractivity contribution in [3.63, 3.8) is 0 Å². The summed E-state index contributed by atoms with van der Waals surface area (Å²) >= 11 is 0. The lowest BCUT2D eigenvalue weighted by Crippen LogP contribution is -2.42. The summed E-state index contributed by atoms with van der Waals surface area (Å²) < 4.78 is 16.4. The molecule has 0 saturated heterocycles. The van der Waals surface area contributed by atoms with Crippen LogP contribution in [0.15, 0.2) is 24.3 Å². The SMILES string of the molecule is COC[C@@](C#N)(O[Si](C)(C)C)c1ccc(OC)cc1. The molecule has 1 aromatic rings. The van der Waals surface area contributed by atoms with Crippen LogP contribution < -0.4 is 4.74 Å². The van der Waals surface area contributed by atoms with E-state index in [1.54, 1.807) is 14.2 Å². The van der Waals surface area contributed by atoms with Crippen LogP contribution >= 0.6 is 0 Å². The maximum absolute atomic E-state index is 9.59. The van der Waals surface area contributed by atoms with Crippen molar-refractivity contribution in [3.05, 3.63) is 29.8 Å². The fourth-order valence-electron chi connectivity index (χ4n) is 1.88. The molecule has 104 valence electrons. The maximum atomic E-state index is 9.59. The minimum Gasteiger partial charge on any atom is -0.497 e. The lowest BCUT2D eigenvalue weighted by atomic mass is 9.96. The standard InChI is InChI=1S/C14H21NO3Si/c1-16-11-14(10-15,18-19(3,4)5)12-6-8-13(17-2)9-7-12/h6-9H,11H2,1-5H3/t14-/m1/s1. The van der Waals surface area contributed by atoms with E-state index in [0.29, 0.717) is 0 Å². The first-order valence-electron chi connectivity index (χ1n) is 6.12. The molecule has 0 aromatic heterocycles. The summed E-state index contributed by atoms with van der Waals surface area (Å²) in [5.74, 6) is 0.751. The van der Waals surface area contributed by atoms with E-state index < -0.39 is 13.9 Å². The molecule has 1 atom stereocenters. The zero-order valence-corrected chi connectivity index (χ0v) is 13.2. The maximum Gasteiger partial charge on any atom is 0.193 e. The molecule has 0 N–H and O–H groups in total. The Kier molecular flexibility index (Phi) is 5.12. The predicted octanol–water partition coefficient (Wildman–Crippen LogP) is 2.91. The average Bonchev–Trinajstić information content (AvgIpc) is 2.36. The van der Waals surface area contributed by atoms with Crippen LogP contribution in [-0.2, 0) is 14.8 Å². The van der Waals surface area contributed by atoms with E-state index in [2.05, 4.69) is 25.7 Å². The second-order valence-corrected chi connectivity index (χ2v) is 9.74. The van der Waals surface area contributed by atoms with Crippen molar-refractivity contribution in [3.8, 4) is 11.8 Å². The van der Waals surface area contributed by atoms with Gasteiger partial charge in [0.05, 0.1) is 13.7 Å². The third kappa shape index (κ3) is 4.06. The topological polar surface area (TPSA) is 51.5 Å². The molecule has 19 heavy (non-hydrogen) atoms. The highest BCUT2D eigenvalue weighted by Crippen LogP contribution is 2.30. The van der Waals surface area contributed by atoms with Crippen LogP contribution in [0.2, 0.25) is 19.6 Å². The van der Waals surface area contributed by atoms with Gasteiger partial charge in [-0.3, -0.25) is 0 Å². The van der Waals surface area contributed by atoms with Gasteiger partial charge in [-0.15, -0.1) is 0 Å². The van der Waals surface area contributed by atoms with Gasteiger partial charge < -0.3 is 13.9 Å². The molecule has 0 radical (unpaired) electrons. The molecule has 1 rings (SSSR count). The molecule has 0 amide bonds. The Morgan fingerprint density at radius 1 is 1.16 bits per heavy atom. The van der Waals surface area contributed by atoms with Gasteiger partial charge in [-0.25, -0.2) is 0 Å². The average molecular weight is 279 g/mol. The summed E-state index contributed by atoms with van der Waals surface area (Å²) in [6, 6.07) is 9.62. The van der Waals surface area contributed by atoms with Gasteiger partial charge in [-0.05, 0) is 37.3 Å². The lowest BCUT2D eigenvalue weighted by Gasteiger charge is -2.33. The first-order valence-corrected chi connectivity index (χ1v) is 9.52. The van der Waals surface area contributed by atoms with Gasteiger partial charge in [0.15, 0.2) is 13.9 Å². The van der Waals surface area contributed by atoms with Crippen molar-refractivity contribution in [1.29, 1.82) is 5.26 Å². The molecule has 0 aliphatic rings. The van der Waals surface area contributed by atoms with Crippen molar-refractivity contribution in [2.75, 3.05) is 20.8 Å². The van der Waals surface area contributed by atoms with E-state index in [9.17, 15) is 5.26 Å². The monoisotopic (exact) mass is 279 g/mol. The van der Waals surface area contributed by atoms with E-state index in [-0.39, 0.29) is 6.61 Å². The molecule has 5 heteroatoms. The Labute approximate surface area is 116 Å². The number of rotatable bonds is 6. The predicted molar refractivity (Wildman–Crippen MR) is 76.6 cm³/mol. The van der Waals surface area contributed by atoms with Crippen molar-refractivity contribution in [1.82, 2.24) is 0 Å². The number of nitriles is 1. The number of benzene rings is 1.